The quantitative estimate of drug-likeness (QED) is 0.785. The zero-order valence-corrected chi connectivity index (χ0v) is 12.2. The van der Waals surface area contributed by atoms with Crippen LogP contribution in [-0.2, 0) is 7.05 Å². The van der Waals surface area contributed by atoms with Gasteiger partial charge in [-0.2, -0.15) is 10.4 Å². The number of hydrogen-bond donors (Lipinski definition) is 1. The maximum Gasteiger partial charge on any atom is 0.255 e. The summed E-state index contributed by atoms with van der Waals surface area (Å²) in [5.74, 6) is -0.278. The first-order valence-corrected chi connectivity index (χ1v) is 6.69. The van der Waals surface area contributed by atoms with Crippen LogP contribution >= 0.6 is 0 Å². The molecule has 0 aliphatic rings. The number of carbonyl (C=O) groups is 1. The number of nitrogens with zero attached hydrogens (tertiary/aromatic N) is 4. The number of benzene rings is 1. The summed E-state index contributed by atoms with van der Waals surface area (Å²) in [6, 6.07) is 10.4. The van der Waals surface area contributed by atoms with Crippen molar-refractivity contribution in [2.75, 3.05) is 5.32 Å². The van der Waals surface area contributed by atoms with Gasteiger partial charge in [-0.25, -0.2) is 4.98 Å². The maximum atomic E-state index is 12.2. The minimum atomic E-state index is -0.278. The second-order valence-corrected chi connectivity index (χ2v) is 4.95. The van der Waals surface area contributed by atoms with Gasteiger partial charge in [0, 0.05) is 18.0 Å². The van der Waals surface area contributed by atoms with Gasteiger partial charge in [-0.3, -0.25) is 9.48 Å². The Morgan fingerprint density at radius 2 is 2.18 bits per heavy atom. The van der Waals surface area contributed by atoms with Crippen LogP contribution in [0.15, 0.2) is 36.5 Å². The molecule has 0 atom stereocenters. The fraction of sp³-hybridized carbons (Fsp3) is 0.125. The largest absolute Gasteiger partial charge is 0.321 e. The minimum Gasteiger partial charge on any atom is -0.321 e. The van der Waals surface area contributed by atoms with Crippen LogP contribution in [0.5, 0.6) is 0 Å². The van der Waals surface area contributed by atoms with Crippen LogP contribution in [0.1, 0.15) is 21.6 Å². The molecule has 0 aliphatic carbocycles. The summed E-state index contributed by atoms with van der Waals surface area (Å²) in [7, 11) is 1.83. The molecule has 1 N–H and O–H groups in total. The number of nitrogens with one attached hydrogen (secondary N) is 1. The van der Waals surface area contributed by atoms with Crippen LogP contribution in [0.2, 0.25) is 0 Å². The van der Waals surface area contributed by atoms with E-state index in [0.29, 0.717) is 16.8 Å². The molecule has 6 nitrogen and oxygen atoms in total. The van der Waals surface area contributed by atoms with Gasteiger partial charge in [0.1, 0.15) is 0 Å². The number of nitriles is 1. The van der Waals surface area contributed by atoms with Gasteiger partial charge in [0.05, 0.1) is 29.2 Å². The van der Waals surface area contributed by atoms with Crippen molar-refractivity contribution in [2.24, 2.45) is 7.05 Å². The Kier molecular flexibility index (Phi) is 3.31. The Balaban J connectivity index is 1.91. The summed E-state index contributed by atoms with van der Waals surface area (Å²) in [6.45, 7) is 1.89. The molecular formula is C16H13N5O. The van der Waals surface area contributed by atoms with Gasteiger partial charge < -0.3 is 5.32 Å². The van der Waals surface area contributed by atoms with E-state index >= 15 is 0 Å². The lowest BCUT2D eigenvalue weighted by atomic mass is 10.1. The molecule has 108 valence electrons. The van der Waals surface area contributed by atoms with E-state index in [1.165, 1.54) is 0 Å². The van der Waals surface area contributed by atoms with Gasteiger partial charge in [0.2, 0.25) is 0 Å². The van der Waals surface area contributed by atoms with Crippen LogP contribution in [0.4, 0.5) is 5.69 Å². The standard InChI is InChI=1S/C16H13N5O/c1-10-14-7-13(9-18-15(14)21(2)20-10)19-16(22)12-5-3-4-11(6-12)8-17/h3-7,9H,1-2H3,(H,19,22). The van der Waals surface area contributed by atoms with Crippen LogP contribution in [0.25, 0.3) is 11.0 Å². The Morgan fingerprint density at radius 3 is 2.95 bits per heavy atom. The van der Waals surface area contributed by atoms with Gasteiger partial charge in [-0.05, 0) is 31.2 Å². The van der Waals surface area contributed by atoms with E-state index in [4.69, 9.17) is 5.26 Å². The molecule has 0 radical (unpaired) electrons. The Hall–Kier alpha value is -3.20. The van der Waals surface area contributed by atoms with Gasteiger partial charge in [0.15, 0.2) is 5.65 Å². The maximum absolute atomic E-state index is 12.2. The lowest BCUT2D eigenvalue weighted by Gasteiger charge is -2.05. The molecule has 0 fully saturated rings. The SMILES string of the molecule is Cc1nn(C)c2ncc(NC(=O)c3cccc(C#N)c3)cc12. The molecule has 1 aromatic carbocycles. The Morgan fingerprint density at radius 1 is 1.36 bits per heavy atom. The van der Waals surface area contributed by atoms with Gasteiger partial charge >= 0.3 is 0 Å². The molecular weight excluding hydrogens is 278 g/mol. The molecule has 0 spiro atoms. The molecule has 0 saturated heterocycles. The predicted molar refractivity (Wildman–Crippen MR) is 82.4 cm³/mol. The predicted octanol–water partition coefficient (Wildman–Crippen LogP) is 2.40. The van der Waals surface area contributed by atoms with E-state index in [1.807, 2.05) is 26.1 Å². The molecule has 1 amide bonds. The number of anilines is 1. The van der Waals surface area contributed by atoms with Crippen LogP contribution in [0, 0.1) is 18.3 Å². The van der Waals surface area contributed by atoms with Crippen molar-refractivity contribution in [1.29, 1.82) is 5.26 Å². The summed E-state index contributed by atoms with van der Waals surface area (Å²) in [6.07, 6.45) is 1.59. The minimum absolute atomic E-state index is 0.278. The number of aryl methyl sites for hydroxylation is 2. The third kappa shape index (κ3) is 2.40. The van der Waals surface area contributed by atoms with Crippen molar-refractivity contribution in [3.63, 3.8) is 0 Å². The molecule has 2 aromatic heterocycles. The monoisotopic (exact) mass is 291 g/mol. The molecule has 22 heavy (non-hydrogen) atoms. The summed E-state index contributed by atoms with van der Waals surface area (Å²) >= 11 is 0. The van der Waals surface area contributed by atoms with Crippen molar-refractivity contribution in [3.05, 3.63) is 53.3 Å². The summed E-state index contributed by atoms with van der Waals surface area (Å²) in [5, 5.41) is 16.9. The van der Waals surface area contributed by atoms with Gasteiger partial charge in [0.25, 0.3) is 5.91 Å². The average Bonchev–Trinajstić information content (AvgIpc) is 2.81. The molecule has 2 heterocycles. The highest BCUT2D eigenvalue weighted by Gasteiger charge is 2.10. The molecule has 3 rings (SSSR count). The third-order valence-electron chi connectivity index (χ3n) is 3.37. The normalized spacial score (nSPS) is 10.4. The number of pyridine rings is 1. The average molecular weight is 291 g/mol. The number of carbonyl (C=O) groups excluding carboxylic acids is 1. The lowest BCUT2D eigenvalue weighted by Crippen LogP contribution is -2.12. The van der Waals surface area contributed by atoms with E-state index < -0.39 is 0 Å². The van der Waals surface area contributed by atoms with Crippen molar-refractivity contribution >= 4 is 22.6 Å². The fourth-order valence-electron chi connectivity index (χ4n) is 2.31. The van der Waals surface area contributed by atoms with Gasteiger partial charge in [-0.15, -0.1) is 0 Å². The first-order chi connectivity index (χ1) is 10.6. The zero-order chi connectivity index (χ0) is 15.7. The topological polar surface area (TPSA) is 83.6 Å². The first-order valence-electron chi connectivity index (χ1n) is 6.69. The van der Waals surface area contributed by atoms with Crippen molar-refractivity contribution in [1.82, 2.24) is 14.8 Å². The molecule has 3 aromatic rings. The highest BCUT2D eigenvalue weighted by atomic mass is 16.1. The molecule has 0 unspecified atom stereocenters. The van der Waals surface area contributed by atoms with Crippen molar-refractivity contribution in [3.8, 4) is 6.07 Å². The fourth-order valence-corrected chi connectivity index (χ4v) is 2.31. The zero-order valence-electron chi connectivity index (χ0n) is 12.2. The molecule has 6 heteroatoms. The van der Waals surface area contributed by atoms with E-state index in [0.717, 1.165) is 16.7 Å². The highest BCUT2D eigenvalue weighted by molar-refractivity contribution is 6.05. The number of hydrogen-bond acceptors (Lipinski definition) is 4. The van der Waals surface area contributed by atoms with Crippen LogP contribution < -0.4 is 5.32 Å². The Bertz CT molecular complexity index is 920. The number of fused-ring (bicyclic) bond motifs is 1. The molecule has 0 saturated carbocycles. The molecule has 0 aliphatic heterocycles. The van der Waals surface area contributed by atoms with Crippen molar-refractivity contribution < 1.29 is 4.79 Å². The molecule has 0 bridgehead atoms. The second kappa shape index (κ2) is 5.30. The van der Waals surface area contributed by atoms with Crippen LogP contribution in [0.3, 0.4) is 0 Å². The summed E-state index contributed by atoms with van der Waals surface area (Å²) < 4.78 is 1.70. The number of rotatable bonds is 2. The van der Waals surface area contributed by atoms with Gasteiger partial charge in [-0.1, -0.05) is 6.07 Å². The first kappa shape index (κ1) is 13.8. The Labute approximate surface area is 127 Å². The van der Waals surface area contributed by atoms with Crippen LogP contribution in [-0.4, -0.2) is 20.7 Å². The van der Waals surface area contributed by atoms with E-state index in [-0.39, 0.29) is 5.91 Å². The van der Waals surface area contributed by atoms with Crippen molar-refractivity contribution in [2.45, 2.75) is 6.92 Å². The van der Waals surface area contributed by atoms with E-state index in [1.54, 1.807) is 35.1 Å². The van der Waals surface area contributed by atoms with E-state index in [2.05, 4.69) is 15.4 Å². The smallest absolute Gasteiger partial charge is 0.255 e. The third-order valence-corrected chi connectivity index (χ3v) is 3.37. The highest BCUT2D eigenvalue weighted by Crippen LogP contribution is 2.19. The second-order valence-electron chi connectivity index (χ2n) is 4.95. The number of aromatic nitrogens is 3. The summed E-state index contributed by atoms with van der Waals surface area (Å²) in [5.41, 5.74) is 3.09. The number of amides is 1. The lowest BCUT2D eigenvalue weighted by molar-refractivity contribution is 0.102. The summed E-state index contributed by atoms with van der Waals surface area (Å²) in [4.78, 5) is 16.6. The van der Waals surface area contributed by atoms with E-state index in [9.17, 15) is 4.79 Å².